The van der Waals surface area contributed by atoms with Crippen molar-refractivity contribution in [2.45, 2.75) is 6.61 Å². The zero-order valence-corrected chi connectivity index (χ0v) is 13.9. The predicted octanol–water partition coefficient (Wildman–Crippen LogP) is 4.10. The Bertz CT molecular complexity index is 812. The Kier molecular flexibility index (Phi) is 6.45. The molecular weight excluding hydrogens is 322 g/mol. The van der Waals surface area contributed by atoms with Crippen LogP contribution in [0.1, 0.15) is 11.1 Å². The molecule has 128 valence electrons. The summed E-state index contributed by atoms with van der Waals surface area (Å²) in [6, 6.07) is 14.8. The summed E-state index contributed by atoms with van der Waals surface area (Å²) >= 11 is 0. The molecule has 0 heterocycles. The zero-order valence-electron chi connectivity index (χ0n) is 13.9. The number of hydrogen-bond donors (Lipinski definition) is 0. The van der Waals surface area contributed by atoms with E-state index < -0.39 is 5.97 Å². The van der Waals surface area contributed by atoms with Crippen LogP contribution in [-0.2, 0) is 16.1 Å². The second kappa shape index (κ2) is 9.00. The second-order valence-corrected chi connectivity index (χ2v) is 4.90. The lowest BCUT2D eigenvalue weighted by molar-refractivity contribution is -0.136. The predicted molar refractivity (Wildman–Crippen MR) is 92.9 cm³/mol. The first-order chi connectivity index (χ1) is 12.2. The van der Waals surface area contributed by atoms with Gasteiger partial charge in [0, 0.05) is 4.91 Å². The molecule has 2 aromatic rings. The average Bonchev–Trinajstić information content (AvgIpc) is 2.66. The van der Waals surface area contributed by atoms with E-state index >= 15 is 0 Å². The van der Waals surface area contributed by atoms with Gasteiger partial charge in [0.05, 0.1) is 14.2 Å². The molecule has 2 rings (SSSR count). The highest BCUT2D eigenvalue weighted by atomic mass is 16.5. The Morgan fingerprint density at radius 3 is 2.56 bits per heavy atom. The van der Waals surface area contributed by atoms with Crippen molar-refractivity contribution in [2.75, 3.05) is 14.2 Å². The van der Waals surface area contributed by atoms with Gasteiger partial charge in [-0.3, -0.25) is 0 Å². The Hall–Kier alpha value is -3.44. The van der Waals surface area contributed by atoms with Crippen LogP contribution in [0.2, 0.25) is 0 Å². The van der Waals surface area contributed by atoms with Crippen molar-refractivity contribution < 1.29 is 19.0 Å². The van der Waals surface area contributed by atoms with Gasteiger partial charge in [0.1, 0.15) is 12.3 Å². The molecule has 0 aliphatic rings. The summed E-state index contributed by atoms with van der Waals surface area (Å²) in [4.78, 5) is 14.2. The molecule has 0 bridgehead atoms. The normalized spacial score (nSPS) is 10.6. The first kappa shape index (κ1) is 17.9. The Morgan fingerprint density at radius 2 is 1.92 bits per heavy atom. The van der Waals surface area contributed by atoms with Gasteiger partial charge in [-0.2, -0.15) is 0 Å². The van der Waals surface area contributed by atoms with Crippen molar-refractivity contribution >= 4 is 12.0 Å². The van der Waals surface area contributed by atoms with E-state index in [0.717, 1.165) is 5.56 Å². The Balaban J connectivity index is 2.29. The summed E-state index contributed by atoms with van der Waals surface area (Å²) in [6.45, 7) is 0.366. The lowest BCUT2D eigenvalue weighted by Gasteiger charge is -2.11. The molecule has 7 heteroatoms. The van der Waals surface area contributed by atoms with Gasteiger partial charge in [0.2, 0.25) is 0 Å². The number of methoxy groups -OCH3 is 2. The number of carbonyl (C=O) groups is 1. The third-order valence-electron chi connectivity index (χ3n) is 3.28. The number of rotatable bonds is 7. The minimum absolute atomic E-state index is 0.149. The van der Waals surface area contributed by atoms with Crippen LogP contribution in [0.25, 0.3) is 16.5 Å². The minimum atomic E-state index is -0.722. The summed E-state index contributed by atoms with van der Waals surface area (Å²) in [6.07, 6.45) is 1.42. The highest BCUT2D eigenvalue weighted by Crippen LogP contribution is 2.30. The van der Waals surface area contributed by atoms with E-state index in [-0.39, 0.29) is 5.70 Å². The number of hydrogen-bond acceptors (Lipinski definition) is 5. The monoisotopic (exact) mass is 339 g/mol. The van der Waals surface area contributed by atoms with E-state index in [0.29, 0.717) is 23.7 Å². The number of benzene rings is 2. The summed E-state index contributed by atoms with van der Waals surface area (Å²) in [5.41, 5.74) is 10.0. The van der Waals surface area contributed by atoms with Crippen molar-refractivity contribution in [1.82, 2.24) is 0 Å². The molecule has 0 N–H and O–H groups in total. The molecule has 0 aliphatic heterocycles. The van der Waals surface area contributed by atoms with Gasteiger partial charge < -0.3 is 14.2 Å². The van der Waals surface area contributed by atoms with Gasteiger partial charge in [0.25, 0.3) is 0 Å². The molecule has 0 atom stereocenters. The van der Waals surface area contributed by atoms with E-state index in [1.165, 1.54) is 13.2 Å². The van der Waals surface area contributed by atoms with Crippen LogP contribution in [0, 0.1) is 0 Å². The summed E-state index contributed by atoms with van der Waals surface area (Å²) in [5.74, 6) is 0.335. The van der Waals surface area contributed by atoms with E-state index in [1.807, 2.05) is 30.3 Å². The lowest BCUT2D eigenvalue weighted by atomic mass is 10.1. The second-order valence-electron chi connectivity index (χ2n) is 4.90. The van der Waals surface area contributed by atoms with Gasteiger partial charge in [-0.05, 0) is 34.9 Å². The molecule has 0 unspecified atom stereocenters. The molecule has 2 aromatic carbocycles. The van der Waals surface area contributed by atoms with Crippen molar-refractivity contribution in [3.63, 3.8) is 0 Å². The highest BCUT2D eigenvalue weighted by molar-refractivity contribution is 5.93. The van der Waals surface area contributed by atoms with Crippen LogP contribution in [-0.4, -0.2) is 20.2 Å². The SMILES string of the molecule is COC(=O)/C(=C/c1ccc(OC)c(OCc2ccccc2)c1)N=[N+]=[N-]. The fourth-order valence-electron chi connectivity index (χ4n) is 2.07. The third-order valence-corrected chi connectivity index (χ3v) is 3.28. The Morgan fingerprint density at radius 1 is 1.16 bits per heavy atom. The number of nitrogens with zero attached hydrogens (tertiary/aromatic N) is 3. The van der Waals surface area contributed by atoms with Gasteiger partial charge in [-0.15, -0.1) is 0 Å². The van der Waals surface area contributed by atoms with Crippen molar-refractivity contribution in [3.05, 3.63) is 75.8 Å². The molecule has 0 aromatic heterocycles. The summed E-state index contributed by atoms with van der Waals surface area (Å²) < 4.78 is 15.7. The largest absolute Gasteiger partial charge is 0.493 e. The number of ether oxygens (including phenoxy) is 3. The summed E-state index contributed by atoms with van der Waals surface area (Å²) in [7, 11) is 2.76. The van der Waals surface area contributed by atoms with E-state index in [1.54, 1.807) is 25.3 Å². The van der Waals surface area contributed by atoms with Crippen molar-refractivity contribution in [2.24, 2.45) is 5.11 Å². The molecule has 0 spiro atoms. The molecule has 0 amide bonds. The average molecular weight is 339 g/mol. The van der Waals surface area contributed by atoms with Crippen molar-refractivity contribution in [3.8, 4) is 11.5 Å². The maximum absolute atomic E-state index is 11.6. The van der Waals surface area contributed by atoms with Gasteiger partial charge in [-0.1, -0.05) is 41.5 Å². The molecule has 0 radical (unpaired) electrons. The number of esters is 1. The van der Waals surface area contributed by atoms with Crippen LogP contribution in [0.3, 0.4) is 0 Å². The maximum atomic E-state index is 11.6. The number of azide groups is 1. The maximum Gasteiger partial charge on any atom is 0.340 e. The fourth-order valence-corrected chi connectivity index (χ4v) is 2.07. The number of carbonyl (C=O) groups excluding carboxylic acids is 1. The van der Waals surface area contributed by atoms with Crippen LogP contribution < -0.4 is 9.47 Å². The van der Waals surface area contributed by atoms with Crippen LogP contribution in [0.4, 0.5) is 0 Å². The van der Waals surface area contributed by atoms with Crippen LogP contribution >= 0.6 is 0 Å². The van der Waals surface area contributed by atoms with Gasteiger partial charge >= 0.3 is 5.97 Å². The first-order valence-electron chi connectivity index (χ1n) is 7.37. The molecule has 0 aliphatic carbocycles. The summed E-state index contributed by atoms with van der Waals surface area (Å²) in [5, 5.41) is 3.35. The molecule has 25 heavy (non-hydrogen) atoms. The first-order valence-corrected chi connectivity index (χ1v) is 7.37. The minimum Gasteiger partial charge on any atom is -0.493 e. The van der Waals surface area contributed by atoms with E-state index in [9.17, 15) is 4.79 Å². The molecule has 0 saturated heterocycles. The smallest absolute Gasteiger partial charge is 0.340 e. The fraction of sp³-hybridized carbons (Fsp3) is 0.167. The molecule has 0 fully saturated rings. The standard InChI is InChI=1S/C18H17N3O4/c1-23-16-9-8-14(10-15(20-21-19)18(22)24-2)11-17(16)25-12-13-6-4-3-5-7-13/h3-11H,12H2,1-2H3/b15-10-. The zero-order chi connectivity index (χ0) is 18.1. The quantitative estimate of drug-likeness (QED) is 0.249. The van der Waals surface area contributed by atoms with Crippen LogP contribution in [0.15, 0.2) is 59.3 Å². The Labute approximate surface area is 145 Å². The molecule has 7 nitrogen and oxygen atoms in total. The van der Waals surface area contributed by atoms with E-state index in [2.05, 4.69) is 14.8 Å². The third kappa shape index (κ3) is 5.02. The van der Waals surface area contributed by atoms with Gasteiger partial charge in [-0.25, -0.2) is 4.79 Å². The highest BCUT2D eigenvalue weighted by Gasteiger charge is 2.10. The lowest BCUT2D eigenvalue weighted by Crippen LogP contribution is -2.02. The van der Waals surface area contributed by atoms with Gasteiger partial charge in [0.15, 0.2) is 11.5 Å². The van der Waals surface area contributed by atoms with Crippen LogP contribution in [0.5, 0.6) is 11.5 Å². The molecular formula is C18H17N3O4. The van der Waals surface area contributed by atoms with E-state index in [4.69, 9.17) is 15.0 Å². The topological polar surface area (TPSA) is 93.5 Å². The molecule has 0 saturated carbocycles. The van der Waals surface area contributed by atoms with Crippen molar-refractivity contribution in [1.29, 1.82) is 0 Å².